The summed E-state index contributed by atoms with van der Waals surface area (Å²) in [5, 5.41) is -0.225. The zero-order chi connectivity index (χ0) is 14.9. The molecule has 21 heavy (non-hydrogen) atoms. The smallest absolute Gasteiger partial charge is 0.416 e. The highest BCUT2D eigenvalue weighted by molar-refractivity contribution is 6.32. The minimum atomic E-state index is -4.49. The molecule has 0 radical (unpaired) electrons. The highest BCUT2D eigenvalue weighted by atomic mass is 35.5. The highest BCUT2D eigenvalue weighted by Crippen LogP contribution is 2.36. The molecule has 0 aromatic heterocycles. The van der Waals surface area contributed by atoms with E-state index in [-0.39, 0.29) is 34.6 Å². The van der Waals surface area contributed by atoms with Crippen molar-refractivity contribution in [1.82, 2.24) is 0 Å². The molecule has 0 bridgehead atoms. The van der Waals surface area contributed by atoms with Crippen molar-refractivity contribution in [2.75, 3.05) is 5.73 Å². The van der Waals surface area contributed by atoms with Crippen molar-refractivity contribution in [2.24, 2.45) is 0 Å². The maximum atomic E-state index is 13.2. The van der Waals surface area contributed by atoms with Gasteiger partial charge < -0.3 is 10.5 Å². The maximum Gasteiger partial charge on any atom is 0.416 e. The van der Waals surface area contributed by atoms with Crippen LogP contribution in [0.15, 0.2) is 36.4 Å². The van der Waals surface area contributed by atoms with Crippen LogP contribution in [-0.4, -0.2) is 0 Å². The van der Waals surface area contributed by atoms with Crippen molar-refractivity contribution in [1.29, 1.82) is 0 Å². The van der Waals surface area contributed by atoms with Crippen molar-refractivity contribution in [3.05, 3.63) is 52.8 Å². The Morgan fingerprint density at radius 1 is 1.05 bits per heavy atom. The summed E-state index contributed by atoms with van der Waals surface area (Å²) in [6.07, 6.45) is -4.49. The molecule has 0 aliphatic heterocycles. The second kappa shape index (κ2) is 6.41. The summed E-state index contributed by atoms with van der Waals surface area (Å²) in [5.74, 6) is -0.618. The maximum absolute atomic E-state index is 13.2. The summed E-state index contributed by atoms with van der Waals surface area (Å²) in [4.78, 5) is 0. The second-order valence-electron chi connectivity index (χ2n) is 3.93. The lowest BCUT2D eigenvalue weighted by Crippen LogP contribution is -2.04. The number of nitrogens with two attached hydrogens (primary N) is 1. The second-order valence-corrected chi connectivity index (χ2v) is 4.34. The molecule has 114 valence electrons. The van der Waals surface area contributed by atoms with Gasteiger partial charge in [0.2, 0.25) is 0 Å². The molecule has 0 spiro atoms. The monoisotopic (exact) mass is 341 g/mol. The number of nitrogen functional groups attached to an aromatic ring is 1. The third-order valence-corrected chi connectivity index (χ3v) is 2.75. The number of rotatable bonds is 2. The van der Waals surface area contributed by atoms with Crippen LogP contribution in [0.3, 0.4) is 0 Å². The van der Waals surface area contributed by atoms with E-state index in [1.807, 2.05) is 0 Å². The molecule has 2 aromatic carbocycles. The van der Waals surface area contributed by atoms with Gasteiger partial charge in [-0.05, 0) is 30.3 Å². The molecule has 0 heterocycles. The van der Waals surface area contributed by atoms with E-state index in [1.54, 1.807) is 0 Å². The molecule has 0 aliphatic carbocycles. The number of benzene rings is 2. The van der Waals surface area contributed by atoms with Gasteiger partial charge in [0, 0.05) is 6.07 Å². The molecule has 0 saturated carbocycles. The molecule has 2 N–H and O–H groups in total. The molecule has 0 saturated heterocycles. The van der Waals surface area contributed by atoms with Gasteiger partial charge in [-0.1, -0.05) is 11.6 Å². The zero-order valence-electron chi connectivity index (χ0n) is 10.2. The van der Waals surface area contributed by atoms with Gasteiger partial charge in [0.1, 0.15) is 17.3 Å². The molecular formula is C13H9Cl2F4NO. The van der Waals surface area contributed by atoms with Crippen molar-refractivity contribution >= 4 is 29.7 Å². The van der Waals surface area contributed by atoms with Crippen LogP contribution in [0.2, 0.25) is 5.02 Å². The molecule has 0 atom stereocenters. The van der Waals surface area contributed by atoms with E-state index < -0.39 is 17.6 Å². The molecule has 2 rings (SSSR count). The topological polar surface area (TPSA) is 35.2 Å². The Morgan fingerprint density at radius 2 is 1.71 bits per heavy atom. The number of ether oxygens (including phenoxy) is 1. The van der Waals surface area contributed by atoms with E-state index in [1.165, 1.54) is 12.1 Å². The van der Waals surface area contributed by atoms with Crippen molar-refractivity contribution in [3.63, 3.8) is 0 Å². The first-order chi connectivity index (χ1) is 9.27. The Hall–Kier alpha value is -1.66. The van der Waals surface area contributed by atoms with Crippen LogP contribution in [-0.2, 0) is 6.18 Å². The zero-order valence-corrected chi connectivity index (χ0v) is 11.8. The Morgan fingerprint density at radius 3 is 2.24 bits per heavy atom. The summed E-state index contributed by atoms with van der Waals surface area (Å²) >= 11 is 5.71. The number of hydrogen-bond donors (Lipinski definition) is 1. The van der Waals surface area contributed by atoms with E-state index in [2.05, 4.69) is 0 Å². The first-order valence-electron chi connectivity index (χ1n) is 5.37. The fourth-order valence-corrected chi connectivity index (χ4v) is 1.68. The Kier molecular flexibility index (Phi) is 5.31. The van der Waals surface area contributed by atoms with E-state index in [0.717, 1.165) is 24.3 Å². The molecule has 0 fully saturated rings. The Labute approximate surface area is 128 Å². The molecule has 8 heteroatoms. The normalized spacial score (nSPS) is 10.9. The molecule has 2 aromatic rings. The quantitative estimate of drug-likeness (QED) is 0.594. The predicted molar refractivity (Wildman–Crippen MR) is 74.6 cm³/mol. The van der Waals surface area contributed by atoms with E-state index in [0.29, 0.717) is 0 Å². The first-order valence-corrected chi connectivity index (χ1v) is 5.75. The van der Waals surface area contributed by atoms with Crippen LogP contribution < -0.4 is 10.5 Å². The number of halogens is 6. The lowest BCUT2D eigenvalue weighted by Gasteiger charge is -2.11. The van der Waals surface area contributed by atoms with Crippen LogP contribution in [0.25, 0.3) is 0 Å². The van der Waals surface area contributed by atoms with Crippen LogP contribution in [0, 0.1) is 5.82 Å². The SMILES string of the molecule is Cl.Nc1ccc(Oc2ccc(C(F)(F)F)cc2Cl)cc1F. The summed E-state index contributed by atoms with van der Waals surface area (Å²) in [7, 11) is 0. The first kappa shape index (κ1) is 17.4. The number of alkyl halides is 3. The summed E-state index contributed by atoms with van der Waals surface area (Å²) in [6.45, 7) is 0. The number of anilines is 1. The Balaban J connectivity index is 0.00000220. The van der Waals surface area contributed by atoms with Gasteiger partial charge in [-0.3, -0.25) is 0 Å². The summed E-state index contributed by atoms with van der Waals surface area (Å²) in [5.41, 5.74) is 4.35. The van der Waals surface area contributed by atoms with Gasteiger partial charge >= 0.3 is 6.18 Å². The van der Waals surface area contributed by atoms with Crippen molar-refractivity contribution in [2.45, 2.75) is 6.18 Å². The minimum Gasteiger partial charge on any atom is -0.456 e. The highest BCUT2D eigenvalue weighted by Gasteiger charge is 2.31. The lowest BCUT2D eigenvalue weighted by atomic mass is 10.2. The third kappa shape index (κ3) is 4.15. The largest absolute Gasteiger partial charge is 0.456 e. The molecule has 0 unspecified atom stereocenters. The third-order valence-electron chi connectivity index (χ3n) is 2.46. The molecule has 0 aliphatic rings. The lowest BCUT2D eigenvalue weighted by molar-refractivity contribution is -0.137. The van der Waals surface area contributed by atoms with Crippen LogP contribution in [0.5, 0.6) is 11.5 Å². The van der Waals surface area contributed by atoms with Gasteiger partial charge in [0.15, 0.2) is 0 Å². The minimum absolute atomic E-state index is 0. The summed E-state index contributed by atoms with van der Waals surface area (Å²) in [6, 6.07) is 6.32. The van der Waals surface area contributed by atoms with E-state index >= 15 is 0 Å². The summed E-state index contributed by atoms with van der Waals surface area (Å²) < 4.78 is 55.8. The fourth-order valence-electron chi connectivity index (χ4n) is 1.46. The molecular weight excluding hydrogens is 333 g/mol. The van der Waals surface area contributed by atoms with Crippen molar-refractivity contribution < 1.29 is 22.3 Å². The van der Waals surface area contributed by atoms with Crippen molar-refractivity contribution in [3.8, 4) is 11.5 Å². The van der Waals surface area contributed by atoms with Gasteiger partial charge in [0.05, 0.1) is 16.3 Å². The average molecular weight is 342 g/mol. The van der Waals surface area contributed by atoms with E-state index in [4.69, 9.17) is 22.1 Å². The number of hydrogen-bond acceptors (Lipinski definition) is 2. The standard InChI is InChI=1S/C13H8ClF4NO.ClH/c14-9-5-7(13(16,17)18)1-4-12(9)20-8-2-3-11(19)10(15)6-8;/h1-6H,19H2;1H. The Bertz CT molecular complexity index is 647. The predicted octanol–water partition coefficient (Wildman–Crippen LogP) is 5.29. The fraction of sp³-hybridized carbons (Fsp3) is 0.0769. The van der Waals surface area contributed by atoms with Crippen LogP contribution in [0.1, 0.15) is 5.56 Å². The van der Waals surface area contributed by atoms with Gasteiger partial charge in [-0.2, -0.15) is 13.2 Å². The van der Waals surface area contributed by atoms with Crippen LogP contribution >= 0.6 is 24.0 Å². The molecule has 2 nitrogen and oxygen atoms in total. The van der Waals surface area contributed by atoms with Gasteiger partial charge in [0.25, 0.3) is 0 Å². The molecule has 0 amide bonds. The average Bonchev–Trinajstić information content (AvgIpc) is 2.35. The van der Waals surface area contributed by atoms with Gasteiger partial charge in [-0.15, -0.1) is 12.4 Å². The van der Waals surface area contributed by atoms with Crippen LogP contribution in [0.4, 0.5) is 23.2 Å². The van der Waals surface area contributed by atoms with Gasteiger partial charge in [-0.25, -0.2) is 4.39 Å². The van der Waals surface area contributed by atoms with E-state index in [9.17, 15) is 17.6 Å².